The van der Waals surface area contributed by atoms with Crippen LogP contribution in [-0.2, 0) is 0 Å². The predicted molar refractivity (Wildman–Crippen MR) is 91.1 cm³/mol. The maximum Gasteiger partial charge on any atom is 0.203 e. The first-order valence-corrected chi connectivity index (χ1v) is 7.92. The molecule has 1 aromatic heterocycles. The van der Waals surface area contributed by atoms with Crippen LogP contribution in [0.15, 0.2) is 28.7 Å². The lowest BCUT2D eigenvalue weighted by Crippen LogP contribution is -2.26. The zero-order valence-corrected chi connectivity index (χ0v) is 13.5. The zero-order chi connectivity index (χ0) is 15.9. The van der Waals surface area contributed by atoms with Crippen LogP contribution < -0.4 is 10.3 Å². The van der Waals surface area contributed by atoms with Gasteiger partial charge >= 0.3 is 0 Å². The summed E-state index contributed by atoms with van der Waals surface area (Å²) in [5, 5.41) is 25.8. The number of anilines is 2. The molecule has 3 N–H and O–H groups in total. The predicted octanol–water partition coefficient (Wildman–Crippen LogP) is 2.42. The van der Waals surface area contributed by atoms with E-state index in [1.807, 2.05) is 30.2 Å². The number of hydrazone groups is 1. The van der Waals surface area contributed by atoms with E-state index >= 15 is 0 Å². The molecular weight excluding hydrogens is 300 g/mol. The highest BCUT2D eigenvalue weighted by atomic mass is 32.1. The number of likely N-dealkylation sites (N-methyl/N-ethyl adjacent to an activating group) is 1. The van der Waals surface area contributed by atoms with E-state index in [-0.39, 0.29) is 12.4 Å². The Morgan fingerprint density at radius 3 is 2.86 bits per heavy atom. The first-order chi connectivity index (χ1) is 10.6. The summed E-state index contributed by atoms with van der Waals surface area (Å²) in [4.78, 5) is 6.22. The third-order valence-electron chi connectivity index (χ3n) is 3.11. The van der Waals surface area contributed by atoms with Crippen molar-refractivity contribution < 1.29 is 10.2 Å². The van der Waals surface area contributed by atoms with Crippen LogP contribution in [0, 0.1) is 6.92 Å². The average Bonchev–Trinajstić information content (AvgIpc) is 2.92. The van der Waals surface area contributed by atoms with Crippen LogP contribution in [0.2, 0.25) is 0 Å². The van der Waals surface area contributed by atoms with Gasteiger partial charge in [-0.2, -0.15) is 5.10 Å². The van der Waals surface area contributed by atoms with Crippen molar-refractivity contribution in [3.05, 3.63) is 34.8 Å². The summed E-state index contributed by atoms with van der Waals surface area (Å²) in [6.45, 7) is 5.30. The molecule has 1 aromatic carbocycles. The summed E-state index contributed by atoms with van der Waals surface area (Å²) in [6.07, 6.45) is 1.55. The molecule has 0 aliphatic heterocycles. The quantitative estimate of drug-likeness (QED) is 0.539. The summed E-state index contributed by atoms with van der Waals surface area (Å²) >= 11 is 1.47. The molecule has 22 heavy (non-hydrogen) atoms. The normalized spacial score (nSPS) is 11.0. The molecule has 0 amide bonds. The lowest BCUT2D eigenvalue weighted by Gasteiger charge is -2.22. The molecule has 0 aliphatic carbocycles. The Balaban J connectivity index is 2.05. The van der Waals surface area contributed by atoms with Gasteiger partial charge in [0.2, 0.25) is 5.13 Å². The van der Waals surface area contributed by atoms with E-state index in [4.69, 9.17) is 5.11 Å². The van der Waals surface area contributed by atoms with Crippen molar-refractivity contribution in [3.8, 4) is 5.75 Å². The molecular formula is C15H20N4O2S. The average molecular weight is 320 g/mol. The Bertz CT molecular complexity index is 642. The van der Waals surface area contributed by atoms with Crippen molar-refractivity contribution >= 4 is 28.4 Å². The van der Waals surface area contributed by atoms with E-state index in [2.05, 4.69) is 15.5 Å². The number of phenolic OH excluding ortho intramolecular Hbond substituents is 1. The zero-order valence-electron chi connectivity index (χ0n) is 12.7. The van der Waals surface area contributed by atoms with E-state index in [1.165, 1.54) is 11.3 Å². The third kappa shape index (κ3) is 4.19. The number of hydrogen-bond acceptors (Lipinski definition) is 7. The fraction of sp³-hybridized carbons (Fsp3) is 0.333. The molecule has 0 bridgehead atoms. The second-order valence-electron chi connectivity index (χ2n) is 4.71. The van der Waals surface area contributed by atoms with Gasteiger partial charge < -0.3 is 15.1 Å². The van der Waals surface area contributed by atoms with Crippen LogP contribution in [-0.4, -0.2) is 41.1 Å². The van der Waals surface area contributed by atoms with Crippen LogP contribution in [0.1, 0.15) is 18.2 Å². The van der Waals surface area contributed by atoms with Crippen LogP contribution in [0.5, 0.6) is 5.75 Å². The monoisotopic (exact) mass is 320 g/mol. The van der Waals surface area contributed by atoms with Gasteiger partial charge in [-0.05, 0) is 26.0 Å². The number of thiazole rings is 1. The van der Waals surface area contributed by atoms with Gasteiger partial charge in [0.15, 0.2) is 0 Å². The molecule has 0 unspecified atom stereocenters. The van der Waals surface area contributed by atoms with E-state index < -0.39 is 0 Å². The van der Waals surface area contributed by atoms with Gasteiger partial charge in [0.25, 0.3) is 0 Å². The van der Waals surface area contributed by atoms with E-state index in [9.17, 15) is 5.11 Å². The van der Waals surface area contributed by atoms with E-state index in [1.54, 1.807) is 18.3 Å². The van der Waals surface area contributed by atoms with Gasteiger partial charge in [0.1, 0.15) is 5.75 Å². The number of aromatic hydroxyl groups is 1. The molecule has 0 atom stereocenters. The lowest BCUT2D eigenvalue weighted by molar-refractivity contribution is 0.302. The highest BCUT2D eigenvalue weighted by molar-refractivity contribution is 7.13. The number of hydrogen-bond donors (Lipinski definition) is 3. The van der Waals surface area contributed by atoms with Crippen molar-refractivity contribution in [1.82, 2.24) is 4.98 Å². The molecule has 0 saturated carbocycles. The van der Waals surface area contributed by atoms with Crippen LogP contribution in [0.25, 0.3) is 0 Å². The van der Waals surface area contributed by atoms with E-state index in [0.717, 1.165) is 17.9 Å². The molecule has 2 rings (SSSR count). The van der Waals surface area contributed by atoms with Gasteiger partial charge in [-0.3, -0.25) is 5.43 Å². The Morgan fingerprint density at radius 1 is 1.45 bits per heavy atom. The Kier molecular flexibility index (Phi) is 5.74. The van der Waals surface area contributed by atoms with Gasteiger partial charge in [-0.15, -0.1) is 11.3 Å². The summed E-state index contributed by atoms with van der Waals surface area (Å²) in [6, 6.07) is 5.37. The Labute approximate surface area is 133 Å². The molecule has 0 aliphatic rings. The van der Waals surface area contributed by atoms with Crippen molar-refractivity contribution in [3.63, 3.8) is 0 Å². The van der Waals surface area contributed by atoms with Gasteiger partial charge in [-0.1, -0.05) is 0 Å². The fourth-order valence-electron chi connectivity index (χ4n) is 1.99. The van der Waals surface area contributed by atoms with Crippen molar-refractivity contribution in [1.29, 1.82) is 0 Å². The smallest absolute Gasteiger partial charge is 0.203 e. The highest BCUT2D eigenvalue weighted by Gasteiger charge is 2.06. The highest BCUT2D eigenvalue weighted by Crippen LogP contribution is 2.23. The van der Waals surface area contributed by atoms with Crippen LogP contribution in [0.3, 0.4) is 0 Å². The maximum absolute atomic E-state index is 10.1. The number of rotatable bonds is 7. The minimum Gasteiger partial charge on any atom is -0.507 e. The number of nitrogens with zero attached hydrogens (tertiary/aromatic N) is 3. The second kappa shape index (κ2) is 7.77. The van der Waals surface area contributed by atoms with Crippen molar-refractivity contribution in [2.45, 2.75) is 13.8 Å². The largest absolute Gasteiger partial charge is 0.507 e. The number of nitrogens with one attached hydrogen (secondary N) is 1. The SMILES string of the molecule is CCN(CCO)c1ccc(C=NNc2nc(C)cs2)c(O)c1. The molecule has 6 nitrogen and oxygen atoms in total. The van der Waals surface area contributed by atoms with Crippen molar-refractivity contribution in [2.75, 3.05) is 30.0 Å². The first kappa shape index (κ1) is 16.3. The molecule has 7 heteroatoms. The van der Waals surface area contributed by atoms with E-state index in [0.29, 0.717) is 17.2 Å². The first-order valence-electron chi connectivity index (χ1n) is 7.04. The number of aryl methyl sites for hydroxylation is 1. The summed E-state index contributed by atoms with van der Waals surface area (Å²) in [5.41, 5.74) is 5.26. The summed E-state index contributed by atoms with van der Waals surface area (Å²) in [7, 11) is 0. The number of aromatic nitrogens is 1. The molecule has 0 radical (unpaired) electrons. The maximum atomic E-state index is 10.1. The molecule has 0 saturated heterocycles. The lowest BCUT2D eigenvalue weighted by atomic mass is 10.2. The topological polar surface area (TPSA) is 81.0 Å². The number of aliphatic hydroxyl groups is 1. The minimum absolute atomic E-state index is 0.0783. The Morgan fingerprint density at radius 2 is 2.27 bits per heavy atom. The molecule has 2 aromatic rings. The number of aliphatic hydroxyl groups excluding tert-OH is 1. The van der Waals surface area contributed by atoms with Gasteiger partial charge in [-0.25, -0.2) is 4.98 Å². The molecule has 0 spiro atoms. The second-order valence-corrected chi connectivity index (χ2v) is 5.57. The number of phenols is 1. The summed E-state index contributed by atoms with van der Waals surface area (Å²) < 4.78 is 0. The van der Waals surface area contributed by atoms with Gasteiger partial charge in [0, 0.05) is 35.8 Å². The minimum atomic E-state index is 0.0783. The molecule has 118 valence electrons. The summed E-state index contributed by atoms with van der Waals surface area (Å²) in [5.74, 6) is 0.148. The standard InChI is InChI=1S/C15H20N4O2S/c1-3-19(6-7-20)13-5-4-12(14(21)8-13)9-16-18-15-17-11(2)10-22-15/h4-5,8-10,20-21H,3,6-7H2,1-2H3,(H,17,18). The fourth-order valence-corrected chi connectivity index (χ4v) is 2.63. The van der Waals surface area contributed by atoms with Crippen molar-refractivity contribution in [2.24, 2.45) is 5.10 Å². The molecule has 0 fully saturated rings. The molecule has 1 heterocycles. The number of benzene rings is 1. The third-order valence-corrected chi connectivity index (χ3v) is 3.98. The van der Waals surface area contributed by atoms with Crippen LogP contribution >= 0.6 is 11.3 Å². The Hall–Kier alpha value is -2.12. The van der Waals surface area contributed by atoms with Crippen LogP contribution in [0.4, 0.5) is 10.8 Å². The van der Waals surface area contributed by atoms with Gasteiger partial charge in [0.05, 0.1) is 18.5 Å².